The molecule has 1 N–H and O–H groups in total. The molecule has 0 aliphatic rings. The fourth-order valence-electron chi connectivity index (χ4n) is 1.89. The van der Waals surface area contributed by atoms with Gasteiger partial charge in [0.25, 0.3) is 0 Å². The van der Waals surface area contributed by atoms with Gasteiger partial charge in [-0.2, -0.15) is 0 Å². The molecule has 0 saturated heterocycles. The molecule has 0 aliphatic carbocycles. The Morgan fingerprint density at radius 3 is 2.74 bits per heavy atom. The molecule has 2 rings (SSSR count). The Balaban J connectivity index is 1.80. The summed E-state index contributed by atoms with van der Waals surface area (Å²) in [6, 6.07) is 7.34. The second-order valence-corrected chi connectivity index (χ2v) is 5.22. The van der Waals surface area contributed by atoms with Gasteiger partial charge in [-0.15, -0.1) is 5.10 Å². The van der Waals surface area contributed by atoms with Crippen LogP contribution in [0.25, 0.3) is 0 Å². The third kappa shape index (κ3) is 5.71. The number of carbonyl (C=O) groups excluding carboxylic acids is 2. The maximum Gasteiger partial charge on any atom is 0.327 e. The molecule has 7 nitrogen and oxygen atoms in total. The van der Waals surface area contributed by atoms with E-state index in [0.717, 1.165) is 5.56 Å². The molecular formula is C15H17ClN4O3. The summed E-state index contributed by atoms with van der Waals surface area (Å²) in [5, 5.41) is 10.8. The molecule has 0 saturated carbocycles. The number of benzene rings is 1. The minimum Gasteiger partial charge on any atom is -0.465 e. The van der Waals surface area contributed by atoms with Crippen LogP contribution in [0, 0.1) is 0 Å². The largest absolute Gasteiger partial charge is 0.465 e. The summed E-state index contributed by atoms with van der Waals surface area (Å²) >= 11 is 5.81. The Bertz CT molecular complexity index is 670. The molecule has 0 unspecified atom stereocenters. The predicted molar refractivity (Wildman–Crippen MR) is 85.1 cm³/mol. The van der Waals surface area contributed by atoms with E-state index in [2.05, 4.69) is 15.6 Å². The van der Waals surface area contributed by atoms with Crippen molar-refractivity contribution in [2.75, 3.05) is 11.9 Å². The lowest BCUT2D eigenvalue weighted by Crippen LogP contribution is -2.14. The quantitative estimate of drug-likeness (QED) is 0.782. The number of esters is 1. The van der Waals surface area contributed by atoms with Gasteiger partial charge >= 0.3 is 5.97 Å². The molecule has 0 fully saturated rings. The van der Waals surface area contributed by atoms with Crippen molar-refractivity contribution in [3.8, 4) is 0 Å². The van der Waals surface area contributed by atoms with Crippen LogP contribution >= 0.6 is 11.6 Å². The highest BCUT2D eigenvalue weighted by Gasteiger charge is 2.09. The second kappa shape index (κ2) is 8.28. The van der Waals surface area contributed by atoms with Crippen LogP contribution < -0.4 is 5.32 Å². The van der Waals surface area contributed by atoms with Gasteiger partial charge in [0.1, 0.15) is 6.54 Å². The Hall–Kier alpha value is -2.41. The Kier molecular flexibility index (Phi) is 6.10. The van der Waals surface area contributed by atoms with E-state index >= 15 is 0 Å². The predicted octanol–water partition coefficient (Wildman–Crippen LogP) is 2.07. The van der Waals surface area contributed by atoms with Crippen LogP contribution in [-0.2, 0) is 27.3 Å². The van der Waals surface area contributed by atoms with Crippen molar-refractivity contribution >= 4 is 29.3 Å². The van der Waals surface area contributed by atoms with Crippen LogP contribution in [-0.4, -0.2) is 33.5 Å². The molecule has 1 amide bonds. The average Bonchev–Trinajstić information content (AvgIpc) is 2.94. The lowest BCUT2D eigenvalue weighted by Gasteiger charge is -2.02. The van der Waals surface area contributed by atoms with Crippen LogP contribution in [0.5, 0.6) is 0 Å². The van der Waals surface area contributed by atoms with E-state index < -0.39 is 5.97 Å². The Morgan fingerprint density at radius 2 is 2.04 bits per heavy atom. The lowest BCUT2D eigenvalue weighted by molar-refractivity contribution is -0.144. The standard InChI is InChI=1S/C15H17ClN4O3/c1-2-23-15(22)10-20-9-13(18-19-20)17-14(21)8-5-11-3-6-12(16)7-4-11/h3-4,6-7,9H,2,5,8,10H2,1H3,(H,17,21). The van der Waals surface area contributed by atoms with Crippen molar-refractivity contribution in [1.29, 1.82) is 0 Å². The number of hydrogen-bond acceptors (Lipinski definition) is 5. The van der Waals surface area contributed by atoms with Gasteiger partial charge in [-0.05, 0) is 31.0 Å². The highest BCUT2D eigenvalue weighted by atomic mass is 35.5. The van der Waals surface area contributed by atoms with Crippen molar-refractivity contribution in [3.63, 3.8) is 0 Å². The summed E-state index contributed by atoms with van der Waals surface area (Å²) in [5.41, 5.74) is 1.02. The van der Waals surface area contributed by atoms with E-state index in [1.54, 1.807) is 19.1 Å². The van der Waals surface area contributed by atoms with Gasteiger partial charge in [-0.25, -0.2) is 4.68 Å². The highest BCUT2D eigenvalue weighted by molar-refractivity contribution is 6.30. The normalized spacial score (nSPS) is 10.3. The fraction of sp³-hybridized carbons (Fsp3) is 0.333. The number of amides is 1. The molecule has 1 aromatic carbocycles. The summed E-state index contributed by atoms with van der Waals surface area (Å²) in [6.07, 6.45) is 2.39. The number of nitrogens with zero attached hydrogens (tertiary/aromatic N) is 3. The summed E-state index contributed by atoms with van der Waals surface area (Å²) in [7, 11) is 0. The smallest absolute Gasteiger partial charge is 0.327 e. The third-order valence-corrected chi connectivity index (χ3v) is 3.21. The first-order valence-electron chi connectivity index (χ1n) is 7.17. The van der Waals surface area contributed by atoms with Gasteiger partial charge in [-0.3, -0.25) is 9.59 Å². The molecule has 0 aliphatic heterocycles. The average molecular weight is 337 g/mol. The SMILES string of the molecule is CCOC(=O)Cn1cc(NC(=O)CCc2ccc(Cl)cc2)nn1. The van der Waals surface area contributed by atoms with Crippen LogP contribution in [0.3, 0.4) is 0 Å². The van der Waals surface area contributed by atoms with Gasteiger partial charge < -0.3 is 10.1 Å². The van der Waals surface area contributed by atoms with E-state index in [1.165, 1.54) is 10.9 Å². The van der Waals surface area contributed by atoms with Gasteiger partial charge in [-0.1, -0.05) is 28.9 Å². The molecule has 23 heavy (non-hydrogen) atoms. The monoisotopic (exact) mass is 336 g/mol. The van der Waals surface area contributed by atoms with E-state index in [9.17, 15) is 9.59 Å². The van der Waals surface area contributed by atoms with Gasteiger partial charge in [0.05, 0.1) is 12.8 Å². The number of carbonyl (C=O) groups is 2. The number of nitrogens with one attached hydrogen (secondary N) is 1. The molecule has 0 spiro atoms. The first kappa shape index (κ1) is 17.0. The maximum atomic E-state index is 11.9. The van der Waals surface area contributed by atoms with Gasteiger partial charge in [0.2, 0.25) is 5.91 Å². The number of hydrogen-bond donors (Lipinski definition) is 1. The number of halogens is 1. The van der Waals surface area contributed by atoms with E-state index in [0.29, 0.717) is 30.3 Å². The van der Waals surface area contributed by atoms with Crippen LogP contribution in [0.4, 0.5) is 5.82 Å². The van der Waals surface area contributed by atoms with Crippen molar-refractivity contribution in [2.45, 2.75) is 26.3 Å². The minimum atomic E-state index is -0.405. The van der Waals surface area contributed by atoms with E-state index in [1.807, 2.05) is 12.1 Å². The van der Waals surface area contributed by atoms with Crippen molar-refractivity contribution in [2.24, 2.45) is 0 Å². The molecule has 0 bridgehead atoms. The first-order valence-corrected chi connectivity index (χ1v) is 7.54. The summed E-state index contributed by atoms with van der Waals surface area (Å²) in [4.78, 5) is 23.2. The third-order valence-electron chi connectivity index (χ3n) is 2.96. The topological polar surface area (TPSA) is 86.1 Å². The molecule has 0 atom stereocenters. The summed E-state index contributed by atoms with van der Waals surface area (Å²) in [5.74, 6) is -0.281. The van der Waals surface area contributed by atoms with Crippen LogP contribution in [0.15, 0.2) is 30.5 Å². The number of ether oxygens (including phenoxy) is 1. The molecule has 2 aromatic rings. The summed E-state index contributed by atoms with van der Waals surface area (Å²) < 4.78 is 6.12. The number of rotatable bonds is 7. The number of anilines is 1. The van der Waals surface area contributed by atoms with Gasteiger partial charge in [0.15, 0.2) is 5.82 Å². The summed E-state index contributed by atoms with van der Waals surface area (Å²) in [6.45, 7) is 1.99. The number of aryl methyl sites for hydroxylation is 1. The maximum absolute atomic E-state index is 11.9. The minimum absolute atomic E-state index is 0.0402. The Labute approximate surface area is 138 Å². The zero-order valence-electron chi connectivity index (χ0n) is 12.7. The molecule has 8 heteroatoms. The lowest BCUT2D eigenvalue weighted by atomic mass is 10.1. The zero-order valence-corrected chi connectivity index (χ0v) is 13.4. The van der Waals surface area contributed by atoms with Gasteiger partial charge in [0, 0.05) is 11.4 Å². The molecule has 1 heterocycles. The Morgan fingerprint density at radius 1 is 1.30 bits per heavy atom. The second-order valence-electron chi connectivity index (χ2n) is 4.78. The first-order chi connectivity index (χ1) is 11.1. The van der Waals surface area contributed by atoms with Crippen LogP contribution in [0.2, 0.25) is 5.02 Å². The molecule has 122 valence electrons. The molecule has 0 radical (unpaired) electrons. The molecular weight excluding hydrogens is 320 g/mol. The van der Waals surface area contributed by atoms with Crippen molar-refractivity contribution < 1.29 is 14.3 Å². The van der Waals surface area contributed by atoms with Crippen molar-refractivity contribution in [3.05, 3.63) is 41.0 Å². The zero-order chi connectivity index (χ0) is 16.7. The van der Waals surface area contributed by atoms with E-state index in [-0.39, 0.29) is 12.5 Å². The van der Waals surface area contributed by atoms with E-state index in [4.69, 9.17) is 16.3 Å². The van der Waals surface area contributed by atoms with Crippen LogP contribution in [0.1, 0.15) is 18.9 Å². The van der Waals surface area contributed by atoms with Crippen molar-refractivity contribution in [1.82, 2.24) is 15.0 Å². The fourth-order valence-corrected chi connectivity index (χ4v) is 2.01. The molecule has 1 aromatic heterocycles. The highest BCUT2D eigenvalue weighted by Crippen LogP contribution is 2.11. The number of aromatic nitrogens is 3.